The van der Waals surface area contributed by atoms with Crippen LogP contribution in [0.15, 0.2) is 29.7 Å². The molecule has 0 spiro atoms. The molecule has 4 N–H and O–H groups in total. The number of aliphatic hydroxyl groups is 3. The molecular weight excluding hydrogens is 310 g/mol. The van der Waals surface area contributed by atoms with Crippen LogP contribution in [0.5, 0.6) is 0 Å². The van der Waals surface area contributed by atoms with Crippen molar-refractivity contribution >= 4 is 11.9 Å². The molecule has 10 nitrogen and oxygen atoms in total. The summed E-state index contributed by atoms with van der Waals surface area (Å²) in [4.78, 5) is 26.9. The predicted octanol–water partition coefficient (Wildman–Crippen LogP) is -1.41. The Morgan fingerprint density at radius 2 is 2.26 bits per heavy atom. The molecule has 1 aromatic heterocycles. The van der Waals surface area contributed by atoms with Gasteiger partial charge in [-0.15, -0.1) is 0 Å². The summed E-state index contributed by atoms with van der Waals surface area (Å²) in [5.74, 6) is -0.0490. The maximum atomic E-state index is 12.0. The third kappa shape index (κ3) is 3.74. The molecule has 126 valence electrons. The van der Waals surface area contributed by atoms with E-state index in [1.807, 2.05) is 0 Å². The van der Waals surface area contributed by atoms with Crippen LogP contribution in [-0.4, -0.2) is 62.5 Å². The van der Waals surface area contributed by atoms with Gasteiger partial charge in [-0.3, -0.25) is 9.88 Å². The van der Waals surface area contributed by atoms with Gasteiger partial charge in [0.05, 0.1) is 6.61 Å². The average molecular weight is 327 g/mol. The van der Waals surface area contributed by atoms with Crippen LogP contribution in [0.1, 0.15) is 6.23 Å². The minimum atomic E-state index is -1.40. The molecule has 0 bridgehead atoms. The first-order valence-electron chi connectivity index (χ1n) is 6.74. The summed E-state index contributed by atoms with van der Waals surface area (Å²) in [6.07, 6.45) is -3.11. The summed E-state index contributed by atoms with van der Waals surface area (Å²) in [5.41, 5.74) is -0.818. The zero-order chi connectivity index (χ0) is 17.0. The standard InChI is InChI=1S/C13H17N3O7/c1-2-5-22-13(21)15-8-3-4-16(12(20)14-8)11-10(19)9(18)7(6-17)23-11/h2-4,7,9-11,17-19H,1,5-6H2,(H,14,15,20,21)/t7-,9+,10?,11-/m1/s1. The molecule has 0 saturated carbocycles. The maximum absolute atomic E-state index is 12.0. The molecule has 1 aliphatic rings. The average Bonchev–Trinajstić information content (AvgIpc) is 2.81. The number of carbonyl (C=O) groups is 1. The molecule has 2 rings (SSSR count). The number of aliphatic hydroxyl groups excluding tert-OH is 3. The summed E-state index contributed by atoms with van der Waals surface area (Å²) in [6, 6.07) is 1.30. The molecule has 0 aliphatic carbocycles. The molecule has 4 atom stereocenters. The molecule has 1 amide bonds. The number of hydrogen-bond donors (Lipinski definition) is 4. The van der Waals surface area contributed by atoms with Gasteiger partial charge < -0.3 is 24.8 Å². The van der Waals surface area contributed by atoms with E-state index in [-0.39, 0.29) is 12.4 Å². The largest absolute Gasteiger partial charge is 0.445 e. The lowest BCUT2D eigenvalue weighted by atomic mass is 10.1. The summed E-state index contributed by atoms with van der Waals surface area (Å²) < 4.78 is 10.9. The second-order valence-corrected chi connectivity index (χ2v) is 4.74. The number of carbonyl (C=O) groups excluding carboxylic acids is 1. The lowest BCUT2D eigenvalue weighted by Gasteiger charge is -2.17. The van der Waals surface area contributed by atoms with E-state index < -0.39 is 42.9 Å². The van der Waals surface area contributed by atoms with Gasteiger partial charge in [-0.25, -0.2) is 9.59 Å². The minimum Gasteiger partial charge on any atom is -0.445 e. The maximum Gasteiger partial charge on any atom is 0.413 e. The fourth-order valence-electron chi connectivity index (χ4n) is 2.06. The quantitative estimate of drug-likeness (QED) is 0.483. The van der Waals surface area contributed by atoms with Crippen molar-refractivity contribution in [3.8, 4) is 0 Å². The number of anilines is 1. The van der Waals surface area contributed by atoms with Crippen LogP contribution in [-0.2, 0) is 9.47 Å². The van der Waals surface area contributed by atoms with Crippen LogP contribution in [0, 0.1) is 0 Å². The van der Waals surface area contributed by atoms with Gasteiger partial charge in [0.25, 0.3) is 0 Å². The first-order valence-corrected chi connectivity index (χ1v) is 6.74. The van der Waals surface area contributed by atoms with E-state index in [4.69, 9.17) is 9.84 Å². The zero-order valence-corrected chi connectivity index (χ0v) is 12.0. The number of rotatable bonds is 5. The number of nitrogens with zero attached hydrogens (tertiary/aromatic N) is 2. The first-order chi connectivity index (χ1) is 11.0. The van der Waals surface area contributed by atoms with E-state index in [2.05, 4.69) is 21.6 Å². The van der Waals surface area contributed by atoms with Crippen molar-refractivity contribution in [3.05, 3.63) is 35.4 Å². The second kappa shape index (κ2) is 7.33. The molecule has 1 fully saturated rings. The zero-order valence-electron chi connectivity index (χ0n) is 12.0. The highest BCUT2D eigenvalue weighted by Gasteiger charge is 2.43. The molecule has 0 radical (unpaired) electrons. The van der Waals surface area contributed by atoms with E-state index in [1.165, 1.54) is 18.3 Å². The van der Waals surface area contributed by atoms with E-state index >= 15 is 0 Å². The normalized spacial score (nSPS) is 26.7. The van der Waals surface area contributed by atoms with Crippen LogP contribution >= 0.6 is 0 Å². The van der Waals surface area contributed by atoms with Crippen molar-refractivity contribution in [1.82, 2.24) is 9.55 Å². The van der Waals surface area contributed by atoms with Gasteiger partial charge in [0, 0.05) is 6.20 Å². The first kappa shape index (κ1) is 17.1. The Hall–Kier alpha value is -2.27. The number of hydrogen-bond acceptors (Lipinski definition) is 8. The smallest absolute Gasteiger partial charge is 0.413 e. The Kier molecular flexibility index (Phi) is 5.45. The molecule has 1 aromatic rings. The molecule has 1 unspecified atom stereocenters. The van der Waals surface area contributed by atoms with E-state index in [9.17, 15) is 19.8 Å². The number of nitrogens with one attached hydrogen (secondary N) is 1. The van der Waals surface area contributed by atoms with Gasteiger partial charge in [0.1, 0.15) is 30.7 Å². The third-order valence-corrected chi connectivity index (χ3v) is 3.18. The summed E-state index contributed by atoms with van der Waals surface area (Å²) >= 11 is 0. The fraction of sp³-hybridized carbons (Fsp3) is 0.462. The van der Waals surface area contributed by atoms with Crippen molar-refractivity contribution in [3.63, 3.8) is 0 Å². The van der Waals surface area contributed by atoms with Crippen molar-refractivity contribution < 1.29 is 29.6 Å². The Balaban J connectivity index is 2.12. The van der Waals surface area contributed by atoms with Gasteiger partial charge in [-0.2, -0.15) is 4.98 Å². The highest BCUT2D eigenvalue weighted by Crippen LogP contribution is 2.28. The molecule has 0 aromatic carbocycles. The molecular formula is C13H17N3O7. The van der Waals surface area contributed by atoms with Gasteiger partial charge in [-0.05, 0) is 6.07 Å². The van der Waals surface area contributed by atoms with Crippen molar-refractivity contribution in [1.29, 1.82) is 0 Å². The number of aromatic nitrogens is 2. The Morgan fingerprint density at radius 3 is 2.83 bits per heavy atom. The SMILES string of the molecule is C=CCOC(=O)Nc1ccn([C@@H]2O[C@H](CO)[C@H](O)C2O)c(=O)n1. The third-order valence-electron chi connectivity index (χ3n) is 3.18. The molecule has 1 saturated heterocycles. The summed E-state index contributed by atoms with van der Waals surface area (Å²) in [6.45, 7) is 2.88. The van der Waals surface area contributed by atoms with Gasteiger partial charge in [0.15, 0.2) is 6.23 Å². The van der Waals surface area contributed by atoms with Crippen LogP contribution < -0.4 is 11.0 Å². The fourth-order valence-corrected chi connectivity index (χ4v) is 2.06. The van der Waals surface area contributed by atoms with Crippen LogP contribution in [0.4, 0.5) is 10.6 Å². The van der Waals surface area contributed by atoms with Crippen LogP contribution in [0.3, 0.4) is 0 Å². The van der Waals surface area contributed by atoms with E-state index in [0.29, 0.717) is 0 Å². The second-order valence-electron chi connectivity index (χ2n) is 4.74. The van der Waals surface area contributed by atoms with E-state index in [1.54, 1.807) is 0 Å². The van der Waals surface area contributed by atoms with Gasteiger partial charge in [0.2, 0.25) is 0 Å². The van der Waals surface area contributed by atoms with Crippen molar-refractivity contribution in [2.75, 3.05) is 18.5 Å². The Labute approximate surface area is 130 Å². The minimum absolute atomic E-state index is 0.00540. The van der Waals surface area contributed by atoms with Gasteiger partial charge >= 0.3 is 11.8 Å². The molecule has 2 heterocycles. The molecule has 1 aliphatic heterocycles. The molecule has 23 heavy (non-hydrogen) atoms. The summed E-state index contributed by atoms with van der Waals surface area (Å²) in [5, 5.41) is 30.8. The van der Waals surface area contributed by atoms with Crippen LogP contribution in [0.25, 0.3) is 0 Å². The van der Waals surface area contributed by atoms with Crippen molar-refractivity contribution in [2.45, 2.75) is 24.5 Å². The number of ether oxygens (including phenoxy) is 2. The lowest BCUT2D eigenvalue weighted by Crippen LogP contribution is -2.36. The van der Waals surface area contributed by atoms with Crippen molar-refractivity contribution in [2.24, 2.45) is 0 Å². The lowest BCUT2D eigenvalue weighted by molar-refractivity contribution is -0.0549. The highest BCUT2D eigenvalue weighted by atomic mass is 16.6. The number of amides is 1. The topological polar surface area (TPSA) is 143 Å². The highest BCUT2D eigenvalue weighted by molar-refractivity contribution is 5.83. The van der Waals surface area contributed by atoms with Gasteiger partial charge in [-0.1, -0.05) is 12.7 Å². The Bertz CT molecular complexity index is 632. The Morgan fingerprint density at radius 1 is 1.52 bits per heavy atom. The van der Waals surface area contributed by atoms with Crippen LogP contribution in [0.2, 0.25) is 0 Å². The monoisotopic (exact) mass is 327 g/mol. The predicted molar refractivity (Wildman–Crippen MR) is 76.7 cm³/mol. The molecule has 10 heteroatoms. The summed E-state index contributed by atoms with van der Waals surface area (Å²) in [7, 11) is 0. The van der Waals surface area contributed by atoms with E-state index in [0.717, 1.165) is 4.57 Å².